The van der Waals surface area contributed by atoms with E-state index in [2.05, 4.69) is 20.4 Å². The van der Waals surface area contributed by atoms with E-state index in [9.17, 15) is 4.79 Å². The molecule has 166 valence electrons. The van der Waals surface area contributed by atoms with Crippen LogP contribution in [0.2, 0.25) is 0 Å². The van der Waals surface area contributed by atoms with E-state index in [-0.39, 0.29) is 12.5 Å². The van der Waals surface area contributed by atoms with Gasteiger partial charge in [-0.3, -0.25) is 4.79 Å². The molecule has 0 bridgehead atoms. The van der Waals surface area contributed by atoms with Crippen LogP contribution in [0.1, 0.15) is 26.2 Å². The van der Waals surface area contributed by atoms with Gasteiger partial charge in [-0.2, -0.15) is 0 Å². The van der Waals surface area contributed by atoms with Gasteiger partial charge in [0.05, 0.1) is 12.3 Å². The van der Waals surface area contributed by atoms with Crippen LogP contribution in [0.15, 0.2) is 60.7 Å². The second-order valence-electron chi connectivity index (χ2n) is 7.62. The number of carbonyl (C=O) groups excluding carboxylic acids is 1. The Balaban J connectivity index is 1.37. The van der Waals surface area contributed by atoms with Crippen molar-refractivity contribution in [1.82, 2.24) is 10.2 Å². The lowest BCUT2D eigenvalue weighted by Crippen LogP contribution is -2.30. The molecule has 0 radical (unpaired) electrons. The molecule has 1 saturated heterocycles. The molecular formula is C25H28N4O3. The first-order chi connectivity index (χ1) is 15.7. The molecule has 0 atom stereocenters. The van der Waals surface area contributed by atoms with Crippen molar-refractivity contribution in [3.63, 3.8) is 0 Å². The Labute approximate surface area is 188 Å². The number of carbonyl (C=O) groups is 1. The highest BCUT2D eigenvalue weighted by Gasteiger charge is 2.13. The van der Waals surface area contributed by atoms with Crippen LogP contribution in [0.5, 0.6) is 11.5 Å². The van der Waals surface area contributed by atoms with Crippen molar-refractivity contribution in [3.8, 4) is 22.8 Å². The Hall–Kier alpha value is -3.61. The first-order valence-corrected chi connectivity index (χ1v) is 11.1. The molecule has 0 unspecified atom stereocenters. The number of anilines is 2. The van der Waals surface area contributed by atoms with Crippen LogP contribution >= 0.6 is 0 Å². The van der Waals surface area contributed by atoms with Crippen molar-refractivity contribution in [1.29, 1.82) is 0 Å². The number of amides is 1. The fourth-order valence-corrected chi connectivity index (χ4v) is 3.71. The molecule has 1 aromatic heterocycles. The molecule has 1 N–H and O–H groups in total. The van der Waals surface area contributed by atoms with Gasteiger partial charge in [-0.1, -0.05) is 24.3 Å². The first-order valence-electron chi connectivity index (χ1n) is 11.1. The van der Waals surface area contributed by atoms with E-state index in [0.717, 1.165) is 30.2 Å². The summed E-state index contributed by atoms with van der Waals surface area (Å²) in [7, 11) is 0. The largest absolute Gasteiger partial charge is 0.490 e. The second-order valence-corrected chi connectivity index (χ2v) is 7.62. The number of benzene rings is 2. The number of piperidine rings is 1. The minimum Gasteiger partial charge on any atom is -0.490 e. The average molecular weight is 433 g/mol. The van der Waals surface area contributed by atoms with Crippen molar-refractivity contribution in [3.05, 3.63) is 60.7 Å². The van der Waals surface area contributed by atoms with Gasteiger partial charge in [0.1, 0.15) is 0 Å². The number of hydrogen-bond donors (Lipinski definition) is 1. The molecule has 2 aromatic carbocycles. The Bertz CT molecular complexity index is 1030. The van der Waals surface area contributed by atoms with Crippen LogP contribution in [-0.4, -0.2) is 42.4 Å². The highest BCUT2D eigenvalue weighted by atomic mass is 16.5. The molecule has 1 fully saturated rings. The van der Waals surface area contributed by atoms with Gasteiger partial charge in [-0.25, -0.2) is 0 Å². The molecule has 1 aliphatic rings. The van der Waals surface area contributed by atoms with E-state index in [4.69, 9.17) is 9.47 Å². The van der Waals surface area contributed by atoms with E-state index in [1.54, 1.807) is 6.07 Å². The smallest absolute Gasteiger partial charge is 0.262 e. The summed E-state index contributed by atoms with van der Waals surface area (Å²) in [6.45, 7) is 4.39. The number of aromatic nitrogens is 2. The van der Waals surface area contributed by atoms with E-state index >= 15 is 0 Å². The lowest BCUT2D eigenvalue weighted by atomic mass is 10.1. The van der Waals surface area contributed by atoms with Gasteiger partial charge in [0.25, 0.3) is 5.91 Å². The maximum atomic E-state index is 12.4. The third kappa shape index (κ3) is 5.55. The quantitative estimate of drug-likeness (QED) is 0.563. The standard InChI is InChI=1S/C25H28N4O3/c1-2-31-22-11-4-5-12-23(22)32-18-25(30)26-20-10-8-9-19(17-20)21-13-14-24(28-27-21)29-15-6-3-7-16-29/h4-5,8-14,17H,2-3,6-7,15-16,18H2,1H3,(H,26,30). The number of nitrogens with zero attached hydrogens (tertiary/aromatic N) is 3. The lowest BCUT2D eigenvalue weighted by Gasteiger charge is -2.27. The third-order valence-electron chi connectivity index (χ3n) is 5.28. The van der Waals surface area contributed by atoms with Gasteiger partial charge in [0, 0.05) is 24.3 Å². The molecule has 4 rings (SSSR count). The fourth-order valence-electron chi connectivity index (χ4n) is 3.71. The molecule has 32 heavy (non-hydrogen) atoms. The van der Waals surface area contributed by atoms with Gasteiger partial charge in [0.15, 0.2) is 23.9 Å². The van der Waals surface area contributed by atoms with Crippen LogP contribution in [0.3, 0.4) is 0 Å². The molecule has 0 aliphatic carbocycles. The zero-order chi connectivity index (χ0) is 22.2. The number of hydrogen-bond acceptors (Lipinski definition) is 6. The normalized spacial score (nSPS) is 13.5. The molecule has 2 heterocycles. The van der Waals surface area contributed by atoms with E-state index in [0.29, 0.717) is 23.8 Å². The fraction of sp³-hybridized carbons (Fsp3) is 0.320. The molecule has 3 aromatic rings. The highest BCUT2D eigenvalue weighted by Crippen LogP contribution is 2.26. The summed E-state index contributed by atoms with van der Waals surface area (Å²) < 4.78 is 11.2. The van der Waals surface area contributed by atoms with Crippen LogP contribution in [-0.2, 0) is 4.79 Å². The molecule has 0 spiro atoms. The van der Waals surface area contributed by atoms with Gasteiger partial charge in [-0.05, 0) is 62.6 Å². The Morgan fingerprint density at radius 3 is 2.44 bits per heavy atom. The molecule has 1 aliphatic heterocycles. The summed E-state index contributed by atoms with van der Waals surface area (Å²) in [6, 6.07) is 18.9. The monoisotopic (exact) mass is 432 g/mol. The Morgan fingerprint density at radius 1 is 0.938 bits per heavy atom. The predicted octanol–water partition coefficient (Wildman–Crippen LogP) is 4.55. The minimum absolute atomic E-state index is 0.112. The van der Waals surface area contributed by atoms with Gasteiger partial charge < -0.3 is 19.7 Å². The Morgan fingerprint density at radius 2 is 1.72 bits per heavy atom. The van der Waals surface area contributed by atoms with Crippen molar-refractivity contribution in [2.75, 3.05) is 36.5 Å². The minimum atomic E-state index is -0.250. The lowest BCUT2D eigenvalue weighted by molar-refractivity contribution is -0.118. The summed E-state index contributed by atoms with van der Waals surface area (Å²) in [6.07, 6.45) is 3.68. The summed E-state index contributed by atoms with van der Waals surface area (Å²) in [4.78, 5) is 14.7. The number of rotatable bonds is 8. The molecule has 7 nitrogen and oxygen atoms in total. The number of para-hydroxylation sites is 2. The number of ether oxygens (including phenoxy) is 2. The molecule has 7 heteroatoms. The van der Waals surface area contributed by atoms with Crippen molar-refractivity contribution in [2.24, 2.45) is 0 Å². The van der Waals surface area contributed by atoms with Gasteiger partial charge in [-0.15, -0.1) is 10.2 Å². The van der Waals surface area contributed by atoms with Crippen LogP contribution in [0, 0.1) is 0 Å². The van der Waals surface area contributed by atoms with Crippen molar-refractivity contribution < 1.29 is 14.3 Å². The topological polar surface area (TPSA) is 76.6 Å². The second kappa shape index (κ2) is 10.6. The van der Waals surface area contributed by atoms with Crippen LogP contribution < -0.4 is 19.7 Å². The predicted molar refractivity (Wildman–Crippen MR) is 125 cm³/mol. The van der Waals surface area contributed by atoms with Crippen LogP contribution in [0.25, 0.3) is 11.3 Å². The molecular weight excluding hydrogens is 404 g/mol. The zero-order valence-electron chi connectivity index (χ0n) is 18.3. The molecule has 1 amide bonds. The summed E-state index contributed by atoms with van der Waals surface area (Å²) in [5.74, 6) is 1.83. The maximum Gasteiger partial charge on any atom is 0.262 e. The van der Waals surface area contributed by atoms with E-state index < -0.39 is 0 Å². The summed E-state index contributed by atoms with van der Waals surface area (Å²) >= 11 is 0. The van der Waals surface area contributed by atoms with E-state index in [1.165, 1.54) is 19.3 Å². The highest BCUT2D eigenvalue weighted by molar-refractivity contribution is 5.92. The van der Waals surface area contributed by atoms with E-state index in [1.807, 2.05) is 61.5 Å². The number of nitrogens with one attached hydrogen (secondary N) is 1. The van der Waals surface area contributed by atoms with Crippen molar-refractivity contribution >= 4 is 17.4 Å². The van der Waals surface area contributed by atoms with Crippen molar-refractivity contribution in [2.45, 2.75) is 26.2 Å². The zero-order valence-corrected chi connectivity index (χ0v) is 18.3. The summed E-state index contributed by atoms with van der Waals surface area (Å²) in [5, 5.41) is 11.7. The maximum absolute atomic E-state index is 12.4. The van der Waals surface area contributed by atoms with Crippen LogP contribution in [0.4, 0.5) is 11.5 Å². The average Bonchev–Trinajstić information content (AvgIpc) is 2.84. The summed E-state index contributed by atoms with van der Waals surface area (Å²) in [5.41, 5.74) is 2.34. The van der Waals surface area contributed by atoms with Gasteiger partial charge in [0.2, 0.25) is 0 Å². The first kappa shape index (κ1) is 21.6. The third-order valence-corrected chi connectivity index (χ3v) is 5.28. The van der Waals surface area contributed by atoms with Gasteiger partial charge >= 0.3 is 0 Å². The Kier molecular flexibility index (Phi) is 7.17. The SMILES string of the molecule is CCOc1ccccc1OCC(=O)Nc1cccc(-c2ccc(N3CCCCC3)nn2)c1. The molecule has 0 saturated carbocycles.